The van der Waals surface area contributed by atoms with Crippen LogP contribution in [-0.4, -0.2) is 31.2 Å². The average molecular weight is 230 g/mol. The highest BCUT2D eigenvalue weighted by atomic mass is 15.3. The van der Waals surface area contributed by atoms with Gasteiger partial charge < -0.3 is 4.48 Å². The minimum atomic E-state index is 0.930. The molecule has 0 radical (unpaired) electrons. The highest BCUT2D eigenvalue weighted by Gasteiger charge is 2.26. The van der Waals surface area contributed by atoms with E-state index < -0.39 is 0 Å². The van der Waals surface area contributed by atoms with Gasteiger partial charge in [-0.2, -0.15) is 0 Å². The van der Waals surface area contributed by atoms with Crippen LogP contribution in [0, 0.1) is 5.92 Å². The van der Waals surface area contributed by atoms with E-state index >= 15 is 0 Å². The molecule has 1 fully saturated rings. The molecule has 0 aromatic heterocycles. The Morgan fingerprint density at radius 2 is 1.82 bits per heavy atom. The summed E-state index contributed by atoms with van der Waals surface area (Å²) in [4.78, 5) is 0. The molecule has 0 amide bonds. The summed E-state index contributed by atoms with van der Waals surface area (Å²) in [6.07, 6.45) is 7.36. The van der Waals surface area contributed by atoms with Crippen molar-refractivity contribution >= 4 is 6.08 Å². The van der Waals surface area contributed by atoms with Crippen LogP contribution in [0.15, 0.2) is 36.4 Å². The van der Waals surface area contributed by atoms with Crippen LogP contribution in [0.5, 0.6) is 0 Å². The first-order chi connectivity index (χ1) is 8.18. The molecule has 2 rings (SSSR count). The van der Waals surface area contributed by atoms with Gasteiger partial charge in [0.15, 0.2) is 0 Å². The van der Waals surface area contributed by atoms with Crippen molar-refractivity contribution in [2.45, 2.75) is 19.8 Å². The smallest absolute Gasteiger partial charge is 0.0974 e. The van der Waals surface area contributed by atoms with Gasteiger partial charge in [0.05, 0.1) is 26.7 Å². The molecule has 1 heterocycles. The Kier molecular flexibility index (Phi) is 4.01. The van der Waals surface area contributed by atoms with Crippen molar-refractivity contribution in [1.29, 1.82) is 0 Å². The van der Waals surface area contributed by atoms with E-state index in [4.69, 9.17) is 0 Å². The molecular formula is C16H24N+. The number of likely N-dealkylation sites (tertiary alicyclic amines) is 1. The molecular weight excluding hydrogens is 206 g/mol. The van der Waals surface area contributed by atoms with Crippen molar-refractivity contribution in [3.63, 3.8) is 0 Å². The molecule has 1 saturated heterocycles. The summed E-state index contributed by atoms with van der Waals surface area (Å²) in [5, 5.41) is 0. The van der Waals surface area contributed by atoms with Crippen LogP contribution in [0.3, 0.4) is 0 Å². The third-order valence-corrected chi connectivity index (χ3v) is 3.98. The predicted molar refractivity (Wildman–Crippen MR) is 74.7 cm³/mol. The molecule has 92 valence electrons. The van der Waals surface area contributed by atoms with E-state index in [1.807, 2.05) is 0 Å². The maximum absolute atomic E-state index is 2.39. The quantitative estimate of drug-likeness (QED) is 0.696. The zero-order valence-electron chi connectivity index (χ0n) is 11.1. The van der Waals surface area contributed by atoms with Crippen molar-refractivity contribution in [3.8, 4) is 0 Å². The number of rotatable bonds is 3. The van der Waals surface area contributed by atoms with Gasteiger partial charge in [0.1, 0.15) is 0 Å². The molecule has 17 heavy (non-hydrogen) atoms. The molecule has 0 spiro atoms. The third-order valence-electron chi connectivity index (χ3n) is 3.98. The Balaban J connectivity index is 1.87. The second-order valence-corrected chi connectivity index (χ2v) is 5.74. The highest BCUT2D eigenvalue weighted by molar-refractivity contribution is 5.48. The minimum absolute atomic E-state index is 0.930. The summed E-state index contributed by atoms with van der Waals surface area (Å²) in [5.74, 6) is 0.930. The van der Waals surface area contributed by atoms with Crippen LogP contribution in [0.1, 0.15) is 25.3 Å². The molecule has 1 heteroatoms. The third kappa shape index (κ3) is 3.71. The molecule has 1 nitrogen and oxygen atoms in total. The largest absolute Gasteiger partial charge is 0.323 e. The summed E-state index contributed by atoms with van der Waals surface area (Å²) in [6.45, 7) is 6.21. The number of hydrogen-bond donors (Lipinski definition) is 0. The second-order valence-electron chi connectivity index (χ2n) is 5.74. The molecule has 0 unspecified atom stereocenters. The van der Waals surface area contributed by atoms with Gasteiger partial charge in [-0.3, -0.25) is 0 Å². The van der Waals surface area contributed by atoms with E-state index in [1.165, 1.54) is 42.5 Å². The lowest BCUT2D eigenvalue weighted by atomic mass is 9.97. The van der Waals surface area contributed by atoms with E-state index in [2.05, 4.69) is 56.5 Å². The van der Waals surface area contributed by atoms with E-state index in [-0.39, 0.29) is 0 Å². The van der Waals surface area contributed by atoms with Crippen molar-refractivity contribution in [3.05, 3.63) is 42.0 Å². The topological polar surface area (TPSA) is 0 Å². The average Bonchev–Trinajstić information content (AvgIpc) is 2.35. The maximum Gasteiger partial charge on any atom is 0.0974 e. The van der Waals surface area contributed by atoms with E-state index in [1.54, 1.807) is 0 Å². The number of nitrogens with zero attached hydrogens (tertiary/aromatic N) is 1. The van der Waals surface area contributed by atoms with Gasteiger partial charge >= 0.3 is 0 Å². The fraction of sp³-hybridized carbons (Fsp3) is 0.500. The van der Waals surface area contributed by atoms with Gasteiger partial charge in [-0.05, 0) is 30.4 Å². The standard InChI is InChI=1S/C16H24N/c1-15-10-13-17(2,14-11-15)12-6-9-16-7-4-3-5-8-16/h3-9,15H,10-14H2,1-2H3/q+1/b9-6+. The minimum Gasteiger partial charge on any atom is -0.323 e. The normalized spacial score (nSPS) is 29.6. The van der Waals surface area contributed by atoms with Crippen LogP contribution in [-0.2, 0) is 0 Å². The van der Waals surface area contributed by atoms with Crippen molar-refractivity contribution < 1.29 is 4.48 Å². The molecule has 0 atom stereocenters. The number of quaternary nitrogens is 1. The monoisotopic (exact) mass is 230 g/mol. The lowest BCUT2D eigenvalue weighted by molar-refractivity contribution is -0.909. The molecule has 1 aromatic rings. The molecule has 0 aliphatic carbocycles. The number of benzene rings is 1. The highest BCUT2D eigenvalue weighted by Crippen LogP contribution is 2.21. The first-order valence-corrected chi connectivity index (χ1v) is 6.73. The number of hydrogen-bond acceptors (Lipinski definition) is 0. The van der Waals surface area contributed by atoms with Crippen molar-refractivity contribution in [1.82, 2.24) is 0 Å². The van der Waals surface area contributed by atoms with Crippen molar-refractivity contribution in [2.24, 2.45) is 5.92 Å². The Morgan fingerprint density at radius 1 is 1.18 bits per heavy atom. The maximum atomic E-state index is 2.39. The second kappa shape index (κ2) is 5.50. The van der Waals surface area contributed by atoms with Gasteiger partial charge in [0, 0.05) is 0 Å². The number of likely N-dealkylation sites (N-methyl/N-ethyl adjacent to an activating group) is 1. The zero-order valence-corrected chi connectivity index (χ0v) is 11.1. The Hall–Kier alpha value is -1.08. The van der Waals surface area contributed by atoms with Crippen LogP contribution >= 0.6 is 0 Å². The zero-order chi connectivity index (χ0) is 12.1. The lowest BCUT2D eigenvalue weighted by Crippen LogP contribution is -2.49. The van der Waals surface area contributed by atoms with E-state index in [0.717, 1.165) is 5.92 Å². The predicted octanol–water partition coefficient (Wildman–Crippen LogP) is 3.58. The summed E-state index contributed by atoms with van der Waals surface area (Å²) >= 11 is 0. The molecule has 1 aromatic carbocycles. The molecule has 1 aliphatic heterocycles. The fourth-order valence-corrected chi connectivity index (χ4v) is 2.51. The van der Waals surface area contributed by atoms with Crippen molar-refractivity contribution in [2.75, 3.05) is 26.7 Å². The SMILES string of the molecule is CC1CC[N+](C)(C/C=C/c2ccccc2)CC1. The fourth-order valence-electron chi connectivity index (χ4n) is 2.51. The molecule has 0 N–H and O–H groups in total. The van der Waals surface area contributed by atoms with Gasteiger partial charge in [-0.15, -0.1) is 0 Å². The molecule has 1 aliphatic rings. The Morgan fingerprint density at radius 3 is 2.47 bits per heavy atom. The molecule has 0 bridgehead atoms. The Bertz CT molecular complexity index is 358. The van der Waals surface area contributed by atoms with E-state index in [9.17, 15) is 0 Å². The van der Waals surface area contributed by atoms with Gasteiger partial charge in [-0.1, -0.05) is 43.3 Å². The van der Waals surface area contributed by atoms with E-state index in [0.29, 0.717) is 0 Å². The summed E-state index contributed by atoms with van der Waals surface area (Å²) in [6, 6.07) is 10.6. The van der Waals surface area contributed by atoms with Crippen LogP contribution in [0.2, 0.25) is 0 Å². The van der Waals surface area contributed by atoms with Gasteiger partial charge in [0.2, 0.25) is 0 Å². The first-order valence-electron chi connectivity index (χ1n) is 6.73. The first kappa shape index (κ1) is 12.4. The van der Waals surface area contributed by atoms with Gasteiger partial charge in [-0.25, -0.2) is 0 Å². The van der Waals surface area contributed by atoms with Gasteiger partial charge in [0.25, 0.3) is 0 Å². The van der Waals surface area contributed by atoms with Crippen LogP contribution in [0.4, 0.5) is 0 Å². The van der Waals surface area contributed by atoms with Crippen LogP contribution < -0.4 is 0 Å². The number of piperidine rings is 1. The molecule has 0 saturated carbocycles. The lowest BCUT2D eigenvalue weighted by Gasteiger charge is -2.39. The summed E-state index contributed by atoms with van der Waals surface area (Å²) < 4.78 is 1.22. The Labute approximate surface area is 105 Å². The van der Waals surface area contributed by atoms with Crippen LogP contribution in [0.25, 0.3) is 6.08 Å². The summed E-state index contributed by atoms with van der Waals surface area (Å²) in [7, 11) is 2.39. The summed E-state index contributed by atoms with van der Waals surface area (Å²) in [5.41, 5.74) is 1.31.